The van der Waals surface area contributed by atoms with E-state index in [2.05, 4.69) is 31.6 Å². The Balaban J connectivity index is -0.000000236. The molecule has 0 unspecified atom stereocenters. The van der Waals surface area contributed by atoms with Gasteiger partial charge < -0.3 is 44.2 Å². The average molecular weight is 1040 g/mol. The maximum atomic E-state index is 12.1. The molecule has 4 atom stereocenters. The zero-order valence-corrected chi connectivity index (χ0v) is 41.5. The van der Waals surface area contributed by atoms with Crippen molar-refractivity contribution in [1.82, 2.24) is 24.2 Å². The third kappa shape index (κ3) is 26.5. The maximum absolute atomic E-state index is 12.1. The molecule has 0 aliphatic rings. The smallest absolute Gasteiger partial charge is 0.275 e. The van der Waals surface area contributed by atoms with Gasteiger partial charge >= 0.3 is 0 Å². The van der Waals surface area contributed by atoms with Crippen LogP contribution in [0.3, 0.4) is 0 Å². The summed E-state index contributed by atoms with van der Waals surface area (Å²) in [5.41, 5.74) is 5.92. The molecular formula is C42H80Br3N12O3+. The molecule has 18 heteroatoms. The van der Waals surface area contributed by atoms with Crippen LogP contribution in [0, 0.1) is 0 Å². The lowest BCUT2D eigenvalue weighted by molar-refractivity contribution is -0.913. The van der Waals surface area contributed by atoms with Crippen LogP contribution in [-0.2, 0) is 4.79 Å². The molecule has 3 rings (SSSR count). The summed E-state index contributed by atoms with van der Waals surface area (Å²) in [6, 6.07) is 29.5. The van der Waals surface area contributed by atoms with E-state index < -0.39 is 0 Å². The van der Waals surface area contributed by atoms with Gasteiger partial charge in [0.05, 0.1) is 72.5 Å². The van der Waals surface area contributed by atoms with Crippen molar-refractivity contribution in [3.8, 4) is 0 Å². The minimum absolute atomic E-state index is 0. The quantitative estimate of drug-likeness (QED) is 0.0330. The minimum Gasteiger partial charge on any atom is -1.00 e. The Kier molecular flexibility index (Phi) is 35.2. The first-order valence-electron chi connectivity index (χ1n) is 18.7. The number of nitrogens with zero attached hydrogens (tertiary/aromatic N) is 8. The van der Waals surface area contributed by atoms with Crippen molar-refractivity contribution in [2.45, 2.75) is 42.5 Å². The number of carbonyl (C=O) groups is 1. The number of nitrogens with two attached hydrogens (primary N) is 3. The number of amides is 1. The molecule has 60 heavy (non-hydrogen) atoms. The summed E-state index contributed by atoms with van der Waals surface area (Å²) in [5, 5.41) is 34.7. The van der Waals surface area contributed by atoms with Crippen LogP contribution >= 0.6 is 15.9 Å². The normalized spacial score (nSPS) is 15.0. The van der Waals surface area contributed by atoms with Crippen LogP contribution < -0.4 is 80.9 Å². The van der Waals surface area contributed by atoms with Gasteiger partial charge in [-0.25, -0.2) is 9.18 Å². The Bertz CT molecular complexity index is 1520. The van der Waals surface area contributed by atoms with Crippen LogP contribution in [0.15, 0.2) is 101 Å². The zero-order chi connectivity index (χ0) is 43.2. The van der Waals surface area contributed by atoms with Crippen LogP contribution in [-0.4, -0.2) is 133 Å². The Morgan fingerprint density at radius 2 is 0.883 bits per heavy atom. The first-order chi connectivity index (χ1) is 25.9. The predicted octanol–water partition coefficient (Wildman–Crippen LogP) is -2.30. The summed E-state index contributed by atoms with van der Waals surface area (Å²) in [4.78, 5) is 11.2. The fraction of sp³-hybridized carbons (Fsp3) is 0.500. The summed E-state index contributed by atoms with van der Waals surface area (Å²) in [6.45, 7) is 11.2. The minimum atomic E-state index is -0.167. The highest BCUT2D eigenvalue weighted by Gasteiger charge is 2.25. The number of quaternary nitrogens is 5. The SMILES string of the molecule is C.C.CC[N@+](C)(N)CC([O-])=N[N@@+](C)(CC)c1ccccc1.CC[N@@+](C)(N)CC([O-])=N[N@@+](C)(CC)c1ccccc1.CN(C)N.C[N+](C)(NC(=O)CBr)c1ccccc1.[Br-].[Br-]. The molecule has 0 aliphatic heterocycles. The highest BCUT2D eigenvalue weighted by atomic mass is 79.9. The summed E-state index contributed by atoms with van der Waals surface area (Å²) < 4.78 is 1.19. The molecule has 7 N–H and O–H groups in total. The number of para-hydroxylation sites is 3. The Morgan fingerprint density at radius 3 is 1.12 bits per heavy atom. The molecule has 3 aromatic carbocycles. The van der Waals surface area contributed by atoms with Crippen LogP contribution in [0.5, 0.6) is 0 Å². The summed E-state index contributed by atoms with van der Waals surface area (Å²) in [6.07, 6.45) is 0. The van der Waals surface area contributed by atoms with Gasteiger partial charge in [-0.05, 0) is 27.7 Å². The molecule has 15 nitrogen and oxygen atoms in total. The van der Waals surface area contributed by atoms with E-state index in [0.717, 1.165) is 30.2 Å². The summed E-state index contributed by atoms with van der Waals surface area (Å²) in [5.74, 6) is 16.5. The van der Waals surface area contributed by atoms with E-state index in [1.165, 1.54) is 5.01 Å². The van der Waals surface area contributed by atoms with Crippen LogP contribution in [0.25, 0.3) is 0 Å². The van der Waals surface area contributed by atoms with E-state index in [4.69, 9.17) is 17.5 Å². The molecule has 0 saturated carbocycles. The molecule has 0 radical (unpaired) electrons. The molecule has 0 spiro atoms. The van der Waals surface area contributed by atoms with Gasteiger partial charge in [-0.2, -0.15) is 30.9 Å². The molecular weight excluding hydrogens is 960 g/mol. The molecule has 0 fully saturated rings. The molecule has 0 aliphatic carbocycles. The summed E-state index contributed by atoms with van der Waals surface area (Å²) >= 11 is 3.12. The number of hydrogen-bond donors (Lipinski definition) is 4. The van der Waals surface area contributed by atoms with Crippen LogP contribution in [0.1, 0.15) is 42.5 Å². The highest BCUT2D eigenvalue weighted by Crippen LogP contribution is 2.22. The van der Waals surface area contributed by atoms with Gasteiger partial charge in [0.2, 0.25) is 0 Å². The molecule has 0 aromatic heterocycles. The second-order valence-electron chi connectivity index (χ2n) is 14.9. The number of carbonyl (C=O) groups excluding carboxylic acids is 1. The number of benzene rings is 3. The Hall–Kier alpha value is -2.85. The molecule has 3 aromatic rings. The standard InChI is InChI=1S/2C14H25N4O.C10H13BrN2O.C2H8N2.2CH4.2BrH/c2*1-5-17(3,15)12-14(19)16-18(4,6-2)13-10-8-7-9-11-13;1-13(2,12-10(14)8-11)9-6-4-3-5-7-9;1-4(2)3;;;;/h2*7-11H,5-6,12,15H2,1-4H3;3-7H,8H2,1-2H3;3H2,1-2H3;2*1H4;2*1H/q2*+1;;;;;;/p-1/t17-,18+;17-,18-;;;;;;/m10....../s1. The van der Waals surface area contributed by atoms with Gasteiger partial charge in [-0.3, -0.25) is 15.6 Å². The van der Waals surface area contributed by atoms with Gasteiger partial charge in [0, 0.05) is 50.5 Å². The number of rotatable bonds is 15. The number of likely N-dealkylation sites (N-methyl/N-ethyl adjacent to an activating group) is 2. The largest absolute Gasteiger partial charge is 1.00 e. The average Bonchev–Trinajstić information content (AvgIpc) is 3.15. The van der Waals surface area contributed by atoms with E-state index in [-0.39, 0.29) is 98.0 Å². The predicted molar refractivity (Wildman–Crippen MR) is 249 cm³/mol. The first kappa shape index (κ1) is 66.3. The third-order valence-corrected chi connectivity index (χ3v) is 9.40. The fourth-order valence-corrected chi connectivity index (χ4v) is 4.85. The van der Waals surface area contributed by atoms with Crippen molar-refractivity contribution in [2.75, 3.05) is 101 Å². The van der Waals surface area contributed by atoms with E-state index in [1.807, 2.05) is 161 Å². The van der Waals surface area contributed by atoms with Crippen molar-refractivity contribution in [3.63, 3.8) is 0 Å². The van der Waals surface area contributed by atoms with Crippen LogP contribution in [0.4, 0.5) is 17.1 Å². The monoisotopic (exact) mass is 1040 g/mol. The van der Waals surface area contributed by atoms with Crippen LogP contribution in [0.2, 0.25) is 0 Å². The third-order valence-electron chi connectivity index (χ3n) is 8.89. The zero-order valence-electron chi connectivity index (χ0n) is 36.8. The van der Waals surface area contributed by atoms with Crippen molar-refractivity contribution < 1.29 is 58.2 Å². The van der Waals surface area contributed by atoms with E-state index in [9.17, 15) is 15.0 Å². The van der Waals surface area contributed by atoms with Crippen molar-refractivity contribution in [3.05, 3.63) is 91.0 Å². The fourth-order valence-electron chi connectivity index (χ4n) is 4.72. The van der Waals surface area contributed by atoms with Gasteiger partial charge in [0.1, 0.15) is 26.2 Å². The van der Waals surface area contributed by atoms with Gasteiger partial charge in [-0.1, -0.05) is 95.6 Å². The topological polar surface area (TPSA) is 181 Å². The molecule has 0 saturated heterocycles. The number of alkyl halides is 1. The number of halogens is 3. The lowest BCUT2D eigenvalue weighted by Crippen LogP contribution is -3.00. The van der Waals surface area contributed by atoms with E-state index in [1.54, 1.807) is 14.1 Å². The lowest BCUT2D eigenvalue weighted by Gasteiger charge is -2.32. The number of nitrogens with one attached hydrogen (secondary N) is 1. The van der Waals surface area contributed by atoms with Crippen molar-refractivity contribution >= 4 is 50.7 Å². The first-order valence-corrected chi connectivity index (χ1v) is 19.9. The van der Waals surface area contributed by atoms with Crippen molar-refractivity contribution in [1.29, 1.82) is 0 Å². The Labute approximate surface area is 393 Å². The van der Waals surface area contributed by atoms with Gasteiger partial charge in [-0.15, -0.1) is 0 Å². The summed E-state index contributed by atoms with van der Waals surface area (Å²) in [7, 11) is 14.9. The second-order valence-corrected chi connectivity index (χ2v) is 15.5. The van der Waals surface area contributed by atoms with Gasteiger partial charge in [0.25, 0.3) is 5.91 Å². The molecule has 0 bridgehead atoms. The van der Waals surface area contributed by atoms with Gasteiger partial charge in [0.15, 0.2) is 17.1 Å². The van der Waals surface area contributed by atoms with Crippen molar-refractivity contribution in [2.24, 2.45) is 27.7 Å². The Morgan fingerprint density at radius 1 is 0.617 bits per heavy atom. The van der Waals surface area contributed by atoms with E-state index >= 15 is 0 Å². The second kappa shape index (κ2) is 31.9. The number of hydrazine groups is 1. The molecule has 1 amide bonds. The maximum Gasteiger partial charge on any atom is 0.275 e. The molecule has 346 valence electrons. The lowest BCUT2D eigenvalue weighted by atomic mass is 10.3. The highest BCUT2D eigenvalue weighted by molar-refractivity contribution is 9.09. The number of hydrogen-bond acceptors (Lipinski definition) is 9. The van der Waals surface area contributed by atoms with E-state index in [0.29, 0.717) is 23.0 Å². The molecule has 0 heterocycles.